The lowest BCUT2D eigenvalue weighted by atomic mass is 10.0. The lowest BCUT2D eigenvalue weighted by Crippen LogP contribution is -2.27. The summed E-state index contributed by atoms with van der Waals surface area (Å²) in [6, 6.07) is 21.8. The van der Waals surface area contributed by atoms with Crippen molar-refractivity contribution in [2.75, 3.05) is 6.26 Å². The first kappa shape index (κ1) is 20.1. The van der Waals surface area contributed by atoms with E-state index in [4.69, 9.17) is 11.6 Å². The van der Waals surface area contributed by atoms with Gasteiger partial charge in [-0.15, -0.1) is 0 Å². The maximum atomic E-state index is 12.6. The molecular formula is C22H20ClNO3S. The molecule has 6 heteroatoms. The largest absolute Gasteiger partial charge is 0.345 e. The summed E-state index contributed by atoms with van der Waals surface area (Å²) in [5, 5.41) is 3.08. The standard InChI is InChI=1S/C22H20ClNO3S/c1-15(16-8-10-18(11-9-16)17-6-4-3-5-7-17)24-22(25)20-14-19(28(2,26)27)12-13-21(20)23/h3-15H,1-2H3,(H,24,25). The van der Waals surface area contributed by atoms with Gasteiger partial charge in [-0.3, -0.25) is 4.79 Å². The Morgan fingerprint density at radius 3 is 2.14 bits per heavy atom. The van der Waals surface area contributed by atoms with Crippen molar-refractivity contribution in [1.29, 1.82) is 0 Å². The molecule has 0 fully saturated rings. The summed E-state index contributed by atoms with van der Waals surface area (Å²) in [5.41, 5.74) is 3.28. The zero-order chi connectivity index (χ0) is 20.3. The first-order chi connectivity index (χ1) is 13.3. The fourth-order valence-electron chi connectivity index (χ4n) is 2.86. The van der Waals surface area contributed by atoms with Gasteiger partial charge in [-0.2, -0.15) is 0 Å². The minimum atomic E-state index is -3.43. The molecule has 0 heterocycles. The number of benzene rings is 3. The Hall–Kier alpha value is -2.63. The highest BCUT2D eigenvalue weighted by Crippen LogP contribution is 2.24. The summed E-state index contributed by atoms with van der Waals surface area (Å²) in [4.78, 5) is 12.7. The van der Waals surface area contributed by atoms with E-state index in [1.807, 2.05) is 61.5 Å². The molecule has 28 heavy (non-hydrogen) atoms. The molecule has 0 spiro atoms. The Labute approximate surface area is 170 Å². The first-order valence-electron chi connectivity index (χ1n) is 8.71. The quantitative estimate of drug-likeness (QED) is 0.646. The Bertz CT molecular complexity index is 1090. The number of carbonyl (C=O) groups excluding carboxylic acids is 1. The third-order valence-electron chi connectivity index (χ3n) is 4.48. The van der Waals surface area contributed by atoms with Crippen molar-refractivity contribution < 1.29 is 13.2 Å². The molecule has 1 amide bonds. The van der Waals surface area contributed by atoms with E-state index in [0.717, 1.165) is 22.9 Å². The van der Waals surface area contributed by atoms with Crippen molar-refractivity contribution in [1.82, 2.24) is 5.32 Å². The van der Waals surface area contributed by atoms with Crippen molar-refractivity contribution in [2.45, 2.75) is 17.9 Å². The molecule has 144 valence electrons. The number of rotatable bonds is 5. The molecule has 1 atom stereocenters. The third-order valence-corrected chi connectivity index (χ3v) is 5.92. The van der Waals surface area contributed by atoms with Gasteiger partial charge in [0, 0.05) is 6.26 Å². The molecule has 3 rings (SSSR count). The SMILES string of the molecule is CC(NC(=O)c1cc(S(C)(=O)=O)ccc1Cl)c1ccc(-c2ccccc2)cc1. The number of carbonyl (C=O) groups is 1. The van der Waals surface area contributed by atoms with E-state index in [1.54, 1.807) is 0 Å². The second kappa shape index (κ2) is 8.17. The van der Waals surface area contributed by atoms with Crippen LogP contribution in [0.4, 0.5) is 0 Å². The van der Waals surface area contributed by atoms with Crippen LogP contribution < -0.4 is 5.32 Å². The van der Waals surface area contributed by atoms with Gasteiger partial charge in [0.1, 0.15) is 0 Å². The smallest absolute Gasteiger partial charge is 0.253 e. The lowest BCUT2D eigenvalue weighted by Gasteiger charge is -2.16. The van der Waals surface area contributed by atoms with Crippen LogP contribution in [0, 0.1) is 0 Å². The van der Waals surface area contributed by atoms with Crippen LogP contribution in [0.3, 0.4) is 0 Å². The molecule has 3 aromatic carbocycles. The van der Waals surface area contributed by atoms with Gasteiger partial charge >= 0.3 is 0 Å². The van der Waals surface area contributed by atoms with Gasteiger partial charge in [0.05, 0.1) is 21.5 Å². The Balaban J connectivity index is 1.78. The molecule has 4 nitrogen and oxygen atoms in total. The fraction of sp³-hybridized carbons (Fsp3) is 0.136. The normalized spacial score (nSPS) is 12.4. The molecule has 0 saturated heterocycles. The van der Waals surface area contributed by atoms with Gasteiger partial charge in [0.2, 0.25) is 0 Å². The fourth-order valence-corrected chi connectivity index (χ4v) is 3.71. The van der Waals surface area contributed by atoms with Crippen LogP contribution in [0.15, 0.2) is 77.7 Å². The predicted octanol–water partition coefficient (Wildman–Crippen LogP) is 4.90. The minimum Gasteiger partial charge on any atom is -0.345 e. The highest BCUT2D eigenvalue weighted by molar-refractivity contribution is 7.90. The summed E-state index contributed by atoms with van der Waals surface area (Å²) < 4.78 is 23.5. The highest BCUT2D eigenvalue weighted by Gasteiger charge is 2.17. The van der Waals surface area contributed by atoms with Crippen LogP contribution in [-0.2, 0) is 9.84 Å². The summed E-state index contributed by atoms with van der Waals surface area (Å²) in [6.07, 6.45) is 1.09. The number of hydrogen-bond donors (Lipinski definition) is 1. The third kappa shape index (κ3) is 4.61. The zero-order valence-corrected chi connectivity index (χ0v) is 17.1. The molecule has 1 N–H and O–H groups in total. The number of hydrogen-bond acceptors (Lipinski definition) is 3. The Kier molecular flexibility index (Phi) is 5.87. The molecule has 0 aliphatic heterocycles. The van der Waals surface area contributed by atoms with Gasteiger partial charge in [-0.05, 0) is 41.8 Å². The van der Waals surface area contributed by atoms with E-state index in [9.17, 15) is 13.2 Å². The number of sulfone groups is 1. The topological polar surface area (TPSA) is 63.2 Å². The lowest BCUT2D eigenvalue weighted by molar-refractivity contribution is 0.0940. The summed E-state index contributed by atoms with van der Waals surface area (Å²) in [6.45, 7) is 1.86. The van der Waals surface area contributed by atoms with Gasteiger partial charge in [0.15, 0.2) is 9.84 Å². The minimum absolute atomic E-state index is 0.0573. The zero-order valence-electron chi connectivity index (χ0n) is 15.5. The maximum Gasteiger partial charge on any atom is 0.253 e. The summed E-state index contributed by atoms with van der Waals surface area (Å²) in [5.74, 6) is -0.421. The van der Waals surface area contributed by atoms with Gasteiger partial charge in [-0.25, -0.2) is 8.42 Å². The van der Waals surface area contributed by atoms with Gasteiger partial charge in [-0.1, -0.05) is 66.2 Å². The van der Waals surface area contributed by atoms with Gasteiger partial charge < -0.3 is 5.32 Å². The van der Waals surface area contributed by atoms with E-state index >= 15 is 0 Å². The van der Waals surface area contributed by atoms with Crippen molar-refractivity contribution in [3.8, 4) is 11.1 Å². The molecule has 1 unspecified atom stereocenters. The number of amides is 1. The predicted molar refractivity (Wildman–Crippen MR) is 112 cm³/mol. The maximum absolute atomic E-state index is 12.6. The average molecular weight is 414 g/mol. The van der Waals surface area contributed by atoms with Crippen molar-refractivity contribution in [3.05, 3.63) is 88.9 Å². The average Bonchev–Trinajstić information content (AvgIpc) is 2.68. The van der Waals surface area contributed by atoms with E-state index in [1.165, 1.54) is 18.2 Å². The Morgan fingerprint density at radius 2 is 1.54 bits per heavy atom. The molecule has 3 aromatic rings. The van der Waals surface area contributed by atoms with E-state index in [-0.39, 0.29) is 21.5 Å². The molecular weight excluding hydrogens is 394 g/mol. The van der Waals surface area contributed by atoms with Crippen molar-refractivity contribution in [2.24, 2.45) is 0 Å². The van der Waals surface area contributed by atoms with E-state index < -0.39 is 15.7 Å². The van der Waals surface area contributed by atoms with Crippen LogP contribution in [0.1, 0.15) is 28.9 Å². The molecule has 0 radical (unpaired) electrons. The van der Waals surface area contributed by atoms with Crippen LogP contribution in [-0.4, -0.2) is 20.6 Å². The van der Waals surface area contributed by atoms with Crippen LogP contribution >= 0.6 is 11.6 Å². The first-order valence-corrected chi connectivity index (χ1v) is 11.0. The highest BCUT2D eigenvalue weighted by atomic mass is 35.5. The van der Waals surface area contributed by atoms with Gasteiger partial charge in [0.25, 0.3) is 5.91 Å². The van der Waals surface area contributed by atoms with Crippen LogP contribution in [0.2, 0.25) is 5.02 Å². The van der Waals surface area contributed by atoms with E-state index in [0.29, 0.717) is 0 Å². The van der Waals surface area contributed by atoms with E-state index in [2.05, 4.69) is 5.32 Å². The number of nitrogens with one attached hydrogen (secondary N) is 1. The second-order valence-corrected chi connectivity index (χ2v) is 9.02. The molecule has 0 saturated carbocycles. The van der Waals surface area contributed by atoms with Crippen molar-refractivity contribution in [3.63, 3.8) is 0 Å². The molecule has 0 aliphatic carbocycles. The molecule has 0 aromatic heterocycles. The van der Waals surface area contributed by atoms with Crippen LogP contribution in [0.5, 0.6) is 0 Å². The van der Waals surface area contributed by atoms with Crippen LogP contribution in [0.25, 0.3) is 11.1 Å². The summed E-state index contributed by atoms with van der Waals surface area (Å²) >= 11 is 6.10. The Morgan fingerprint density at radius 1 is 0.929 bits per heavy atom. The number of halogens is 1. The second-order valence-electron chi connectivity index (χ2n) is 6.60. The molecule has 0 bridgehead atoms. The summed E-state index contributed by atoms with van der Waals surface area (Å²) in [7, 11) is -3.43. The monoisotopic (exact) mass is 413 g/mol. The molecule has 0 aliphatic rings. The van der Waals surface area contributed by atoms with Crippen molar-refractivity contribution >= 4 is 27.3 Å².